The molecule has 0 bridgehead atoms. The topological polar surface area (TPSA) is 59.4 Å². The Bertz CT molecular complexity index is 397. The molecule has 16 heavy (non-hydrogen) atoms. The number of rotatable bonds is 3. The highest BCUT2D eigenvalue weighted by Gasteiger charge is 2.21. The molecule has 4 heteroatoms. The van der Waals surface area contributed by atoms with E-state index in [4.69, 9.17) is 9.84 Å². The quantitative estimate of drug-likeness (QED) is 0.851. The first kappa shape index (κ1) is 10.9. The number of carboxylic acid groups (broad SMARTS) is 1. The molecule has 1 N–H and O–H groups in total. The van der Waals surface area contributed by atoms with Gasteiger partial charge in [0.2, 0.25) is 5.88 Å². The lowest BCUT2D eigenvalue weighted by Gasteiger charge is -2.14. The molecule has 1 aliphatic carbocycles. The third kappa shape index (κ3) is 2.15. The monoisotopic (exact) mass is 221 g/mol. The van der Waals surface area contributed by atoms with Gasteiger partial charge in [-0.2, -0.15) is 0 Å². The van der Waals surface area contributed by atoms with Crippen LogP contribution >= 0.6 is 0 Å². The predicted molar refractivity (Wildman–Crippen MR) is 58.8 cm³/mol. The van der Waals surface area contributed by atoms with Gasteiger partial charge in [0.25, 0.3) is 0 Å². The van der Waals surface area contributed by atoms with Gasteiger partial charge in [-0.3, -0.25) is 0 Å². The molecule has 1 aromatic rings. The molecule has 0 radical (unpaired) electrons. The molecule has 2 rings (SSSR count). The number of carbonyl (C=O) groups is 1. The minimum atomic E-state index is -0.974. The standard InChI is InChI=1S/C12H15NO3/c1-8-6-7-13-11(10(8)12(14)15)16-9-4-2-3-5-9/h6-7,9H,2-5H2,1H3,(H,14,15). The minimum Gasteiger partial charge on any atom is -0.477 e. The fourth-order valence-electron chi connectivity index (χ4n) is 2.05. The van der Waals surface area contributed by atoms with E-state index in [9.17, 15) is 4.79 Å². The van der Waals surface area contributed by atoms with Crippen molar-refractivity contribution >= 4 is 5.97 Å². The normalized spacial score (nSPS) is 16.3. The van der Waals surface area contributed by atoms with Crippen LogP contribution in [0.25, 0.3) is 0 Å². The SMILES string of the molecule is Cc1ccnc(OC2CCCC2)c1C(=O)O. The van der Waals surface area contributed by atoms with Gasteiger partial charge in [0.05, 0.1) is 0 Å². The summed E-state index contributed by atoms with van der Waals surface area (Å²) in [5.74, 6) is -0.710. The van der Waals surface area contributed by atoms with Crippen molar-refractivity contribution in [2.75, 3.05) is 0 Å². The molecule has 1 saturated carbocycles. The van der Waals surface area contributed by atoms with Crippen molar-refractivity contribution in [2.24, 2.45) is 0 Å². The van der Waals surface area contributed by atoms with Gasteiger partial charge in [0.15, 0.2) is 0 Å². The fraction of sp³-hybridized carbons (Fsp3) is 0.500. The average molecular weight is 221 g/mol. The van der Waals surface area contributed by atoms with E-state index in [0.717, 1.165) is 25.7 Å². The average Bonchev–Trinajstić information content (AvgIpc) is 2.70. The summed E-state index contributed by atoms with van der Waals surface area (Å²) in [4.78, 5) is 15.1. The highest BCUT2D eigenvalue weighted by atomic mass is 16.5. The molecule has 1 fully saturated rings. The van der Waals surface area contributed by atoms with Crippen molar-refractivity contribution in [1.82, 2.24) is 4.98 Å². The minimum absolute atomic E-state index is 0.132. The van der Waals surface area contributed by atoms with E-state index in [2.05, 4.69) is 4.98 Å². The van der Waals surface area contributed by atoms with E-state index in [0.29, 0.717) is 5.56 Å². The van der Waals surface area contributed by atoms with Crippen LogP contribution in [0.2, 0.25) is 0 Å². The summed E-state index contributed by atoms with van der Waals surface area (Å²) < 4.78 is 5.66. The Morgan fingerprint density at radius 1 is 1.50 bits per heavy atom. The number of aromatic carboxylic acids is 1. The zero-order valence-electron chi connectivity index (χ0n) is 9.27. The maximum absolute atomic E-state index is 11.1. The smallest absolute Gasteiger partial charge is 0.341 e. The first-order valence-corrected chi connectivity index (χ1v) is 5.54. The number of aromatic nitrogens is 1. The van der Waals surface area contributed by atoms with Crippen molar-refractivity contribution in [3.8, 4) is 5.88 Å². The van der Waals surface area contributed by atoms with Gasteiger partial charge in [-0.05, 0) is 44.2 Å². The van der Waals surface area contributed by atoms with Crippen LogP contribution in [0.4, 0.5) is 0 Å². The molecule has 1 aromatic heterocycles. The van der Waals surface area contributed by atoms with E-state index in [1.807, 2.05) is 0 Å². The predicted octanol–water partition coefficient (Wildman–Crippen LogP) is 2.41. The summed E-state index contributed by atoms with van der Waals surface area (Å²) >= 11 is 0. The summed E-state index contributed by atoms with van der Waals surface area (Å²) in [5.41, 5.74) is 0.880. The second-order valence-electron chi connectivity index (χ2n) is 4.14. The van der Waals surface area contributed by atoms with Gasteiger partial charge in [-0.15, -0.1) is 0 Å². The molecule has 0 unspecified atom stereocenters. The summed E-state index contributed by atoms with van der Waals surface area (Å²) in [7, 11) is 0. The molecular formula is C12H15NO3. The van der Waals surface area contributed by atoms with Gasteiger partial charge in [0, 0.05) is 6.20 Å². The lowest BCUT2D eigenvalue weighted by molar-refractivity contribution is 0.0686. The lowest BCUT2D eigenvalue weighted by atomic mass is 10.1. The molecule has 0 spiro atoms. The Morgan fingerprint density at radius 2 is 2.19 bits per heavy atom. The second-order valence-corrected chi connectivity index (χ2v) is 4.14. The van der Waals surface area contributed by atoms with Gasteiger partial charge in [0.1, 0.15) is 11.7 Å². The van der Waals surface area contributed by atoms with Crippen LogP contribution in [-0.4, -0.2) is 22.2 Å². The van der Waals surface area contributed by atoms with E-state index in [1.165, 1.54) is 0 Å². The first-order chi connectivity index (χ1) is 7.68. The molecule has 1 heterocycles. The Hall–Kier alpha value is -1.58. The lowest BCUT2D eigenvalue weighted by Crippen LogP contribution is -2.15. The molecule has 0 amide bonds. The maximum atomic E-state index is 11.1. The van der Waals surface area contributed by atoms with Crippen LogP contribution < -0.4 is 4.74 Å². The molecule has 0 saturated heterocycles. The van der Waals surface area contributed by atoms with Gasteiger partial charge >= 0.3 is 5.97 Å². The molecular weight excluding hydrogens is 206 g/mol. The molecule has 1 aliphatic rings. The number of hydrogen-bond donors (Lipinski definition) is 1. The number of hydrogen-bond acceptors (Lipinski definition) is 3. The van der Waals surface area contributed by atoms with Crippen LogP contribution in [0.3, 0.4) is 0 Å². The van der Waals surface area contributed by atoms with Crippen LogP contribution in [0, 0.1) is 6.92 Å². The molecule has 0 aromatic carbocycles. The van der Waals surface area contributed by atoms with Crippen molar-refractivity contribution < 1.29 is 14.6 Å². The molecule has 0 atom stereocenters. The van der Waals surface area contributed by atoms with E-state index >= 15 is 0 Å². The van der Waals surface area contributed by atoms with Crippen LogP contribution in [0.1, 0.15) is 41.6 Å². The fourth-order valence-corrected chi connectivity index (χ4v) is 2.05. The van der Waals surface area contributed by atoms with Crippen molar-refractivity contribution in [1.29, 1.82) is 0 Å². The van der Waals surface area contributed by atoms with Crippen LogP contribution in [0.5, 0.6) is 5.88 Å². The van der Waals surface area contributed by atoms with E-state index in [-0.39, 0.29) is 17.5 Å². The number of pyridine rings is 1. The Kier molecular flexibility index (Phi) is 3.08. The number of carboxylic acids is 1. The summed E-state index contributed by atoms with van der Waals surface area (Å²) in [5, 5.41) is 9.10. The Balaban J connectivity index is 2.25. The molecule has 0 aliphatic heterocycles. The number of aryl methyl sites for hydroxylation is 1. The van der Waals surface area contributed by atoms with Gasteiger partial charge < -0.3 is 9.84 Å². The maximum Gasteiger partial charge on any atom is 0.341 e. The van der Waals surface area contributed by atoms with Crippen molar-refractivity contribution in [2.45, 2.75) is 38.7 Å². The third-order valence-corrected chi connectivity index (χ3v) is 2.92. The zero-order chi connectivity index (χ0) is 11.5. The van der Waals surface area contributed by atoms with E-state index < -0.39 is 5.97 Å². The highest BCUT2D eigenvalue weighted by Crippen LogP contribution is 2.26. The van der Waals surface area contributed by atoms with Gasteiger partial charge in [-0.1, -0.05) is 0 Å². The Labute approximate surface area is 94.3 Å². The zero-order valence-corrected chi connectivity index (χ0v) is 9.27. The van der Waals surface area contributed by atoms with E-state index in [1.54, 1.807) is 19.2 Å². The van der Waals surface area contributed by atoms with Crippen molar-refractivity contribution in [3.63, 3.8) is 0 Å². The summed E-state index contributed by atoms with van der Waals surface area (Å²) in [6.07, 6.45) is 6.01. The number of ether oxygens (including phenoxy) is 1. The second kappa shape index (κ2) is 4.51. The van der Waals surface area contributed by atoms with Crippen LogP contribution in [0.15, 0.2) is 12.3 Å². The summed E-state index contributed by atoms with van der Waals surface area (Å²) in [6.45, 7) is 1.76. The van der Waals surface area contributed by atoms with Crippen LogP contribution in [-0.2, 0) is 0 Å². The largest absolute Gasteiger partial charge is 0.477 e. The number of nitrogens with zero attached hydrogens (tertiary/aromatic N) is 1. The van der Waals surface area contributed by atoms with Crippen molar-refractivity contribution in [3.05, 3.63) is 23.4 Å². The third-order valence-electron chi connectivity index (χ3n) is 2.92. The van der Waals surface area contributed by atoms with Gasteiger partial charge in [-0.25, -0.2) is 9.78 Å². The molecule has 86 valence electrons. The first-order valence-electron chi connectivity index (χ1n) is 5.54. The molecule has 4 nitrogen and oxygen atoms in total. The highest BCUT2D eigenvalue weighted by molar-refractivity contribution is 5.91. The Morgan fingerprint density at radius 3 is 2.81 bits per heavy atom. The summed E-state index contributed by atoms with van der Waals surface area (Å²) in [6, 6.07) is 1.69.